The number of hydrogen-bond donors (Lipinski definition) is 0. The monoisotopic (exact) mass is 806 g/mol. The third-order valence-electron chi connectivity index (χ3n) is 13.2. The first kappa shape index (κ1) is 35.2. The molecule has 62 heavy (non-hydrogen) atoms. The zero-order valence-corrected chi connectivity index (χ0v) is 34.6. The Balaban J connectivity index is 1.06. The topological polar surface area (TPSA) is 8.17 Å². The van der Waals surface area contributed by atoms with Crippen LogP contribution in [0.4, 0.5) is 17.1 Å². The van der Waals surface area contributed by atoms with Gasteiger partial charge >= 0.3 is 0 Å². The molecule has 0 radical (unpaired) electrons. The van der Waals surface area contributed by atoms with E-state index in [0.29, 0.717) is 0 Å². The van der Waals surface area contributed by atoms with Crippen LogP contribution in [0.1, 0.15) is 22.3 Å². The number of hydrogen-bond acceptors (Lipinski definition) is 2. The molecule has 10 aromatic carbocycles. The van der Waals surface area contributed by atoms with Gasteiger partial charge in [0.25, 0.3) is 0 Å². The maximum Gasteiger partial charge on any atom is 0.0736 e. The second-order valence-electron chi connectivity index (χ2n) is 16.4. The Kier molecular flexibility index (Phi) is 7.79. The van der Waals surface area contributed by atoms with Gasteiger partial charge in [-0.25, -0.2) is 0 Å². The summed E-state index contributed by atoms with van der Waals surface area (Å²) in [6.45, 7) is 0. The van der Waals surface area contributed by atoms with Crippen molar-refractivity contribution in [2.45, 2.75) is 15.2 Å². The minimum atomic E-state index is -0.460. The van der Waals surface area contributed by atoms with Crippen molar-refractivity contribution in [2.75, 3.05) is 4.90 Å². The molecule has 1 aliphatic heterocycles. The predicted octanol–water partition coefficient (Wildman–Crippen LogP) is 15.9. The Hall–Kier alpha value is -7.59. The van der Waals surface area contributed by atoms with Crippen molar-refractivity contribution >= 4 is 61.4 Å². The van der Waals surface area contributed by atoms with Gasteiger partial charge in [0.15, 0.2) is 0 Å². The third-order valence-corrected chi connectivity index (χ3v) is 14.4. The van der Waals surface area contributed by atoms with Gasteiger partial charge in [0.1, 0.15) is 0 Å². The van der Waals surface area contributed by atoms with Gasteiger partial charge in [0.2, 0.25) is 0 Å². The summed E-state index contributed by atoms with van der Waals surface area (Å²) in [7, 11) is 0. The van der Waals surface area contributed by atoms with Gasteiger partial charge < -0.3 is 9.47 Å². The van der Waals surface area contributed by atoms with Crippen molar-refractivity contribution in [3.05, 3.63) is 253 Å². The molecule has 2 heterocycles. The number of aromatic nitrogens is 1. The molecule has 3 heteroatoms. The van der Waals surface area contributed by atoms with E-state index in [1.807, 2.05) is 11.8 Å². The highest BCUT2D eigenvalue weighted by atomic mass is 32.2. The maximum atomic E-state index is 2.57. The van der Waals surface area contributed by atoms with Gasteiger partial charge in [0.05, 0.1) is 16.4 Å². The molecule has 2 nitrogen and oxygen atoms in total. The lowest BCUT2D eigenvalue weighted by Crippen LogP contribution is -2.32. The summed E-state index contributed by atoms with van der Waals surface area (Å²) in [5.41, 5.74) is 16.9. The molecule has 1 aromatic heterocycles. The summed E-state index contributed by atoms with van der Waals surface area (Å²) in [5.74, 6) is 0. The zero-order valence-electron chi connectivity index (χ0n) is 33.7. The Morgan fingerprint density at radius 3 is 1.61 bits per heavy atom. The van der Waals surface area contributed by atoms with Crippen LogP contribution in [0.2, 0.25) is 0 Å². The van der Waals surface area contributed by atoms with Crippen LogP contribution < -0.4 is 4.90 Å². The average molecular weight is 807 g/mol. The molecule has 0 fully saturated rings. The zero-order chi connectivity index (χ0) is 40.8. The third kappa shape index (κ3) is 5.00. The SMILES string of the molecule is c1ccc(-c2ccc(N(c3ccccc3)c3ccc(-n4c5c6c(ccc5c5ccc7ccccc7c54)C4(c5ccccc5S6)c5ccccc5-c5ccccc54)cc3)cc2)cc1. The van der Waals surface area contributed by atoms with E-state index in [4.69, 9.17) is 0 Å². The fourth-order valence-electron chi connectivity index (χ4n) is 10.6. The van der Waals surface area contributed by atoms with Crippen molar-refractivity contribution in [2.24, 2.45) is 0 Å². The van der Waals surface area contributed by atoms with Gasteiger partial charge in [-0.2, -0.15) is 0 Å². The molecule has 11 aromatic rings. The molecule has 0 unspecified atom stereocenters. The summed E-state index contributed by atoms with van der Waals surface area (Å²) < 4.78 is 2.57. The summed E-state index contributed by atoms with van der Waals surface area (Å²) in [5, 5.41) is 5.00. The second-order valence-corrected chi connectivity index (χ2v) is 17.4. The van der Waals surface area contributed by atoms with Crippen LogP contribution in [0.3, 0.4) is 0 Å². The molecule has 0 atom stereocenters. The molecule has 290 valence electrons. The number of anilines is 3. The standard InChI is InChI=1S/C59H38N2S/c1-3-15-39(16-4-1)40-27-30-43(31-28-40)60(42-18-5-2-6-19-42)44-32-34-45(35-33-44)61-56-46-20-8-7-17-41(46)29-36-49(56)50-37-38-54-58(57(50)61)62-55-26-14-13-25-53(55)59(54)51-23-11-9-21-47(51)48-22-10-12-24-52(48)59/h1-38H. The first-order valence-electron chi connectivity index (χ1n) is 21.3. The average Bonchev–Trinajstić information content (AvgIpc) is 3.84. The van der Waals surface area contributed by atoms with Crippen LogP contribution in [0.25, 0.3) is 60.5 Å². The van der Waals surface area contributed by atoms with Crippen LogP contribution in [0.15, 0.2) is 240 Å². The highest BCUT2D eigenvalue weighted by molar-refractivity contribution is 7.99. The lowest BCUT2D eigenvalue weighted by Gasteiger charge is -2.40. The van der Waals surface area contributed by atoms with Crippen molar-refractivity contribution < 1.29 is 0 Å². The fourth-order valence-corrected chi connectivity index (χ4v) is 12.0. The van der Waals surface area contributed by atoms with Gasteiger partial charge in [-0.15, -0.1) is 0 Å². The normalized spacial score (nSPS) is 13.2. The number of rotatable bonds is 5. The van der Waals surface area contributed by atoms with Gasteiger partial charge in [0, 0.05) is 48.7 Å². The van der Waals surface area contributed by atoms with Crippen LogP contribution in [0.5, 0.6) is 0 Å². The minimum Gasteiger partial charge on any atom is -0.311 e. The number of benzene rings is 10. The van der Waals surface area contributed by atoms with Crippen LogP contribution in [-0.2, 0) is 5.41 Å². The molecule has 0 bridgehead atoms. The molecule has 0 N–H and O–H groups in total. The van der Waals surface area contributed by atoms with E-state index in [9.17, 15) is 0 Å². The van der Waals surface area contributed by atoms with Crippen molar-refractivity contribution in [3.63, 3.8) is 0 Å². The first-order chi connectivity index (χ1) is 30.8. The highest BCUT2D eigenvalue weighted by Gasteiger charge is 2.50. The molecule has 1 aliphatic carbocycles. The highest BCUT2D eigenvalue weighted by Crippen LogP contribution is 2.63. The summed E-state index contributed by atoms with van der Waals surface area (Å²) >= 11 is 1.92. The van der Waals surface area contributed by atoms with E-state index in [1.165, 1.54) is 86.9 Å². The van der Waals surface area contributed by atoms with Gasteiger partial charge in [-0.3, -0.25) is 0 Å². The van der Waals surface area contributed by atoms with E-state index >= 15 is 0 Å². The van der Waals surface area contributed by atoms with E-state index in [1.54, 1.807) is 0 Å². The van der Waals surface area contributed by atoms with Crippen LogP contribution in [-0.4, -0.2) is 4.57 Å². The molecule has 1 spiro atoms. The quantitative estimate of drug-likeness (QED) is 0.171. The molecule has 13 rings (SSSR count). The molecule has 0 saturated carbocycles. The van der Waals surface area contributed by atoms with Crippen LogP contribution in [0, 0.1) is 0 Å². The lowest BCUT2D eigenvalue weighted by molar-refractivity contribution is 0.724. The summed E-state index contributed by atoms with van der Waals surface area (Å²) in [4.78, 5) is 4.96. The lowest BCUT2D eigenvalue weighted by atomic mass is 9.67. The van der Waals surface area contributed by atoms with Crippen LogP contribution >= 0.6 is 11.8 Å². The number of nitrogens with zero attached hydrogens (tertiary/aromatic N) is 2. The molecular formula is C59H38N2S. The first-order valence-corrected chi connectivity index (χ1v) is 22.2. The maximum absolute atomic E-state index is 2.57. The number of fused-ring (bicyclic) bond motifs is 15. The molecule has 0 amide bonds. The van der Waals surface area contributed by atoms with Gasteiger partial charge in [-0.05, 0) is 104 Å². The summed E-state index contributed by atoms with van der Waals surface area (Å²) in [6.07, 6.45) is 0. The molecule has 2 aliphatic rings. The van der Waals surface area contributed by atoms with E-state index in [-0.39, 0.29) is 0 Å². The van der Waals surface area contributed by atoms with Crippen molar-refractivity contribution in [1.82, 2.24) is 4.57 Å². The minimum absolute atomic E-state index is 0.460. The smallest absolute Gasteiger partial charge is 0.0736 e. The summed E-state index contributed by atoms with van der Waals surface area (Å²) in [6, 6.07) is 85.1. The fraction of sp³-hybridized carbons (Fsp3) is 0.0169. The van der Waals surface area contributed by atoms with Crippen molar-refractivity contribution in [3.8, 4) is 27.9 Å². The Morgan fingerprint density at radius 1 is 0.355 bits per heavy atom. The Bertz CT molecular complexity index is 3490. The second kappa shape index (κ2) is 13.7. The Labute approximate surface area is 365 Å². The van der Waals surface area contributed by atoms with E-state index in [0.717, 1.165) is 22.7 Å². The van der Waals surface area contributed by atoms with Gasteiger partial charge in [-0.1, -0.05) is 188 Å². The van der Waals surface area contributed by atoms with E-state index < -0.39 is 5.41 Å². The predicted molar refractivity (Wildman–Crippen MR) is 260 cm³/mol. The molecule has 0 saturated heterocycles. The van der Waals surface area contributed by atoms with Crippen molar-refractivity contribution in [1.29, 1.82) is 0 Å². The number of para-hydroxylation sites is 1. The largest absolute Gasteiger partial charge is 0.311 e. The Morgan fingerprint density at radius 2 is 0.887 bits per heavy atom. The molecular weight excluding hydrogens is 769 g/mol. The van der Waals surface area contributed by atoms with E-state index in [2.05, 4.69) is 240 Å².